The van der Waals surface area contributed by atoms with E-state index in [9.17, 15) is 0 Å². The topological polar surface area (TPSA) is 28.4 Å². The smallest absolute Gasteiger partial charge is 0.121 e. The summed E-state index contributed by atoms with van der Waals surface area (Å²) >= 11 is 0. The lowest BCUT2D eigenvalue weighted by Crippen LogP contribution is -2.28. The van der Waals surface area contributed by atoms with Crippen LogP contribution in [0.3, 0.4) is 0 Å². The maximum absolute atomic E-state index is 5.80. The van der Waals surface area contributed by atoms with Crippen molar-refractivity contribution in [2.24, 2.45) is 5.92 Å². The molecule has 1 aliphatic rings. The van der Waals surface area contributed by atoms with Gasteiger partial charge >= 0.3 is 0 Å². The second kappa shape index (κ2) is 5.69. The summed E-state index contributed by atoms with van der Waals surface area (Å²) < 4.78 is 5.80. The minimum absolute atomic E-state index is 0.452. The zero-order chi connectivity index (χ0) is 12.3. The number of hydrogen-bond acceptors (Lipinski definition) is 3. The zero-order valence-electron chi connectivity index (χ0n) is 11.2. The van der Waals surface area contributed by atoms with E-state index in [1.54, 1.807) is 0 Å². The fraction of sp³-hybridized carbons (Fsp3) is 0.714. The Morgan fingerprint density at radius 1 is 1.47 bits per heavy atom. The highest BCUT2D eigenvalue weighted by atomic mass is 16.3. The van der Waals surface area contributed by atoms with Crippen LogP contribution in [0.15, 0.2) is 16.5 Å². The van der Waals surface area contributed by atoms with Gasteiger partial charge in [-0.05, 0) is 64.5 Å². The fourth-order valence-electron chi connectivity index (χ4n) is 2.77. The maximum Gasteiger partial charge on any atom is 0.121 e. The molecule has 0 amide bonds. The molecule has 0 bridgehead atoms. The minimum atomic E-state index is 0.452. The van der Waals surface area contributed by atoms with E-state index < -0.39 is 0 Å². The SMILES string of the molecule is CCCNCC1CCN(C)C1c1ccc(C)o1. The summed E-state index contributed by atoms with van der Waals surface area (Å²) in [6.45, 7) is 7.61. The van der Waals surface area contributed by atoms with Crippen molar-refractivity contribution < 1.29 is 4.42 Å². The highest BCUT2D eigenvalue weighted by Gasteiger charge is 2.34. The number of nitrogens with one attached hydrogen (secondary N) is 1. The molecule has 1 N–H and O–H groups in total. The van der Waals surface area contributed by atoms with Gasteiger partial charge in [-0.3, -0.25) is 4.90 Å². The van der Waals surface area contributed by atoms with Gasteiger partial charge in [0.05, 0.1) is 6.04 Å². The molecule has 1 fully saturated rings. The van der Waals surface area contributed by atoms with Crippen LogP contribution in [0.5, 0.6) is 0 Å². The Morgan fingerprint density at radius 2 is 2.29 bits per heavy atom. The molecule has 0 aromatic carbocycles. The molecule has 2 rings (SSSR count). The van der Waals surface area contributed by atoms with Crippen molar-refractivity contribution in [3.8, 4) is 0 Å². The van der Waals surface area contributed by atoms with Gasteiger partial charge in [0.2, 0.25) is 0 Å². The molecule has 3 nitrogen and oxygen atoms in total. The lowest BCUT2D eigenvalue weighted by molar-refractivity contribution is 0.232. The van der Waals surface area contributed by atoms with E-state index in [-0.39, 0.29) is 0 Å². The first-order valence-corrected chi connectivity index (χ1v) is 6.69. The van der Waals surface area contributed by atoms with Gasteiger partial charge in [0.25, 0.3) is 0 Å². The first-order valence-electron chi connectivity index (χ1n) is 6.69. The molecule has 96 valence electrons. The third-order valence-corrected chi connectivity index (χ3v) is 3.66. The van der Waals surface area contributed by atoms with E-state index in [2.05, 4.69) is 36.3 Å². The summed E-state index contributed by atoms with van der Waals surface area (Å²) in [5, 5.41) is 3.54. The first-order chi connectivity index (χ1) is 8.22. The van der Waals surface area contributed by atoms with Gasteiger partial charge in [-0.25, -0.2) is 0 Å². The van der Waals surface area contributed by atoms with Crippen molar-refractivity contribution in [2.45, 2.75) is 32.7 Å². The van der Waals surface area contributed by atoms with Crippen molar-refractivity contribution in [3.05, 3.63) is 23.7 Å². The predicted octanol–water partition coefficient (Wildman–Crippen LogP) is 2.58. The molecule has 2 unspecified atom stereocenters. The summed E-state index contributed by atoms with van der Waals surface area (Å²) in [7, 11) is 2.20. The van der Waals surface area contributed by atoms with E-state index in [0.717, 1.165) is 24.6 Å². The number of likely N-dealkylation sites (tertiary alicyclic amines) is 1. The van der Waals surface area contributed by atoms with E-state index in [1.165, 1.54) is 19.4 Å². The standard InChI is InChI=1S/C14H24N2O/c1-4-8-15-10-12-7-9-16(3)14(12)13-6-5-11(2)17-13/h5-6,12,14-15H,4,7-10H2,1-3H3. The summed E-state index contributed by atoms with van der Waals surface area (Å²) in [4.78, 5) is 2.41. The largest absolute Gasteiger partial charge is 0.465 e. The van der Waals surface area contributed by atoms with E-state index in [4.69, 9.17) is 4.42 Å². The van der Waals surface area contributed by atoms with Crippen LogP contribution in [-0.2, 0) is 0 Å². The van der Waals surface area contributed by atoms with Crippen LogP contribution in [0.25, 0.3) is 0 Å². The van der Waals surface area contributed by atoms with Crippen LogP contribution in [0.1, 0.15) is 37.3 Å². The lowest BCUT2D eigenvalue weighted by Gasteiger charge is -2.23. The highest BCUT2D eigenvalue weighted by Crippen LogP contribution is 2.36. The Bertz CT molecular complexity index is 348. The number of nitrogens with zero attached hydrogens (tertiary/aromatic N) is 1. The van der Waals surface area contributed by atoms with Crippen LogP contribution < -0.4 is 5.32 Å². The first kappa shape index (κ1) is 12.7. The van der Waals surface area contributed by atoms with E-state index >= 15 is 0 Å². The predicted molar refractivity (Wildman–Crippen MR) is 70.1 cm³/mol. The van der Waals surface area contributed by atoms with Gasteiger partial charge in [0, 0.05) is 0 Å². The van der Waals surface area contributed by atoms with Gasteiger partial charge < -0.3 is 9.73 Å². The molecule has 0 spiro atoms. The average molecular weight is 236 g/mol. The van der Waals surface area contributed by atoms with Gasteiger partial charge in [0.1, 0.15) is 11.5 Å². The fourth-order valence-corrected chi connectivity index (χ4v) is 2.77. The van der Waals surface area contributed by atoms with Crippen LogP contribution in [0, 0.1) is 12.8 Å². The van der Waals surface area contributed by atoms with E-state index in [0.29, 0.717) is 12.0 Å². The number of hydrogen-bond donors (Lipinski definition) is 1. The zero-order valence-corrected chi connectivity index (χ0v) is 11.2. The van der Waals surface area contributed by atoms with Crippen LogP contribution in [0.2, 0.25) is 0 Å². The number of furan rings is 1. The van der Waals surface area contributed by atoms with Crippen molar-refractivity contribution in [2.75, 3.05) is 26.7 Å². The molecular formula is C14H24N2O. The van der Waals surface area contributed by atoms with Crippen molar-refractivity contribution in [3.63, 3.8) is 0 Å². The molecule has 17 heavy (non-hydrogen) atoms. The second-order valence-electron chi connectivity index (χ2n) is 5.13. The molecule has 0 radical (unpaired) electrons. The Kier molecular flexibility index (Phi) is 4.24. The summed E-state index contributed by atoms with van der Waals surface area (Å²) in [6.07, 6.45) is 2.46. The molecule has 1 aromatic rings. The van der Waals surface area contributed by atoms with Gasteiger partial charge in [-0.1, -0.05) is 6.92 Å². The van der Waals surface area contributed by atoms with Gasteiger partial charge in [-0.15, -0.1) is 0 Å². The van der Waals surface area contributed by atoms with Crippen LogP contribution in [-0.4, -0.2) is 31.6 Å². The number of aryl methyl sites for hydroxylation is 1. The molecule has 1 aromatic heterocycles. The Hall–Kier alpha value is -0.800. The molecule has 2 heterocycles. The monoisotopic (exact) mass is 236 g/mol. The van der Waals surface area contributed by atoms with Crippen LogP contribution in [0.4, 0.5) is 0 Å². The third kappa shape index (κ3) is 2.90. The molecule has 2 atom stereocenters. The number of rotatable bonds is 5. The average Bonchev–Trinajstić information content (AvgIpc) is 2.86. The Balaban J connectivity index is 2.01. The second-order valence-corrected chi connectivity index (χ2v) is 5.13. The summed E-state index contributed by atoms with van der Waals surface area (Å²) in [6, 6.07) is 4.65. The summed E-state index contributed by atoms with van der Waals surface area (Å²) in [5.74, 6) is 2.82. The quantitative estimate of drug-likeness (QED) is 0.797. The molecule has 1 saturated heterocycles. The van der Waals surface area contributed by atoms with Gasteiger partial charge in [0.15, 0.2) is 0 Å². The van der Waals surface area contributed by atoms with Crippen LogP contribution >= 0.6 is 0 Å². The lowest BCUT2D eigenvalue weighted by atomic mass is 9.98. The normalized spacial score (nSPS) is 25.6. The van der Waals surface area contributed by atoms with E-state index in [1.807, 2.05) is 6.92 Å². The summed E-state index contributed by atoms with van der Waals surface area (Å²) in [5.41, 5.74) is 0. The highest BCUT2D eigenvalue weighted by molar-refractivity contribution is 5.12. The maximum atomic E-state index is 5.80. The van der Waals surface area contributed by atoms with Crippen molar-refractivity contribution in [1.82, 2.24) is 10.2 Å². The molecule has 1 aliphatic heterocycles. The van der Waals surface area contributed by atoms with Gasteiger partial charge in [-0.2, -0.15) is 0 Å². The Labute approximate surface area is 104 Å². The van der Waals surface area contributed by atoms with Crippen molar-refractivity contribution >= 4 is 0 Å². The molecule has 0 aliphatic carbocycles. The molecular weight excluding hydrogens is 212 g/mol. The van der Waals surface area contributed by atoms with Crippen molar-refractivity contribution in [1.29, 1.82) is 0 Å². The molecule has 3 heteroatoms. The Morgan fingerprint density at radius 3 is 2.94 bits per heavy atom. The third-order valence-electron chi connectivity index (χ3n) is 3.66. The molecule has 0 saturated carbocycles. The minimum Gasteiger partial charge on any atom is -0.465 e.